The van der Waals surface area contributed by atoms with Crippen molar-refractivity contribution in [2.24, 2.45) is 5.16 Å². The van der Waals surface area contributed by atoms with E-state index in [1.807, 2.05) is 4.90 Å². The van der Waals surface area contributed by atoms with E-state index in [0.29, 0.717) is 41.4 Å². The summed E-state index contributed by atoms with van der Waals surface area (Å²) in [5, 5.41) is 7.26. The number of rotatable bonds is 6. The van der Waals surface area contributed by atoms with Crippen LogP contribution in [-0.4, -0.2) is 55.3 Å². The van der Waals surface area contributed by atoms with Gasteiger partial charge in [-0.15, -0.1) is 0 Å². The molecule has 2 aliphatic heterocycles. The molecule has 1 atom stereocenters. The van der Waals surface area contributed by atoms with Crippen LogP contribution in [0.15, 0.2) is 23.4 Å². The first-order valence-corrected chi connectivity index (χ1v) is 9.08. The standard InChI is InChI=1S/C18H22ClN3O4/c1-25-12-4-5-14(19)13(10-12)15-11-16(26-21-15)18(24)20-7-6-17(23)22-8-2-3-9-22/h4-5,10,16H,2-3,6-9,11H2,1H3,(H,20,24)/t16-/m1/s1. The molecule has 0 aromatic heterocycles. The Morgan fingerprint density at radius 3 is 2.88 bits per heavy atom. The Balaban J connectivity index is 1.48. The molecule has 1 saturated heterocycles. The number of carbonyl (C=O) groups excluding carboxylic acids is 2. The third-order valence-corrected chi connectivity index (χ3v) is 4.87. The van der Waals surface area contributed by atoms with Crippen molar-refractivity contribution in [1.29, 1.82) is 0 Å². The molecular formula is C18H22ClN3O4. The number of carbonyl (C=O) groups is 2. The summed E-state index contributed by atoms with van der Waals surface area (Å²) in [6, 6.07) is 5.24. The van der Waals surface area contributed by atoms with Crippen molar-refractivity contribution in [3.05, 3.63) is 28.8 Å². The number of ether oxygens (including phenoxy) is 1. The van der Waals surface area contributed by atoms with E-state index < -0.39 is 6.10 Å². The quantitative estimate of drug-likeness (QED) is 0.819. The molecule has 1 N–H and O–H groups in total. The van der Waals surface area contributed by atoms with Crippen LogP contribution in [0.25, 0.3) is 0 Å². The van der Waals surface area contributed by atoms with Crippen molar-refractivity contribution in [3.8, 4) is 5.75 Å². The SMILES string of the molecule is COc1ccc(Cl)c(C2=NO[C@@H](C(=O)NCCC(=O)N3CCCC3)C2)c1. The maximum atomic E-state index is 12.2. The largest absolute Gasteiger partial charge is 0.497 e. The molecule has 0 unspecified atom stereocenters. The number of nitrogens with one attached hydrogen (secondary N) is 1. The fourth-order valence-electron chi connectivity index (χ4n) is 3.06. The van der Waals surface area contributed by atoms with Crippen molar-refractivity contribution in [2.75, 3.05) is 26.7 Å². The zero-order chi connectivity index (χ0) is 18.5. The minimum atomic E-state index is -0.714. The summed E-state index contributed by atoms with van der Waals surface area (Å²) < 4.78 is 5.19. The van der Waals surface area contributed by atoms with Crippen molar-refractivity contribution in [1.82, 2.24) is 10.2 Å². The fourth-order valence-corrected chi connectivity index (χ4v) is 3.29. The average Bonchev–Trinajstić information content (AvgIpc) is 3.34. The lowest BCUT2D eigenvalue weighted by atomic mass is 10.0. The molecule has 1 fully saturated rings. The van der Waals surface area contributed by atoms with E-state index in [1.165, 1.54) is 0 Å². The first-order chi connectivity index (χ1) is 12.6. The molecule has 0 bridgehead atoms. The number of benzene rings is 1. The molecule has 26 heavy (non-hydrogen) atoms. The van der Waals surface area contributed by atoms with Crippen LogP contribution < -0.4 is 10.1 Å². The second kappa shape index (κ2) is 8.40. The molecule has 8 heteroatoms. The Bertz CT molecular complexity index is 716. The molecule has 7 nitrogen and oxygen atoms in total. The average molecular weight is 380 g/mol. The minimum Gasteiger partial charge on any atom is -0.497 e. The Kier molecular flexibility index (Phi) is 5.98. The molecule has 0 saturated carbocycles. The van der Waals surface area contributed by atoms with Crippen molar-refractivity contribution >= 4 is 29.1 Å². The van der Waals surface area contributed by atoms with Crippen molar-refractivity contribution in [3.63, 3.8) is 0 Å². The van der Waals surface area contributed by atoms with Gasteiger partial charge in [0.15, 0.2) is 0 Å². The highest BCUT2D eigenvalue weighted by Gasteiger charge is 2.30. The van der Waals surface area contributed by atoms with Gasteiger partial charge in [-0.1, -0.05) is 16.8 Å². The number of hydrogen-bond acceptors (Lipinski definition) is 5. The van der Waals surface area contributed by atoms with Crippen molar-refractivity contribution in [2.45, 2.75) is 31.8 Å². The van der Waals surface area contributed by atoms with E-state index in [9.17, 15) is 9.59 Å². The zero-order valence-electron chi connectivity index (χ0n) is 14.7. The van der Waals surface area contributed by atoms with E-state index in [2.05, 4.69) is 10.5 Å². The van der Waals surface area contributed by atoms with Gasteiger partial charge in [0.2, 0.25) is 12.0 Å². The molecule has 0 spiro atoms. The number of likely N-dealkylation sites (tertiary alicyclic amines) is 1. The predicted molar refractivity (Wildman–Crippen MR) is 97.5 cm³/mol. The van der Waals surface area contributed by atoms with Crippen LogP contribution >= 0.6 is 11.6 Å². The maximum absolute atomic E-state index is 12.2. The highest BCUT2D eigenvalue weighted by molar-refractivity contribution is 6.34. The number of methoxy groups -OCH3 is 1. The summed E-state index contributed by atoms with van der Waals surface area (Å²) in [7, 11) is 1.57. The molecule has 0 radical (unpaired) electrons. The molecule has 0 aliphatic carbocycles. The van der Waals surface area contributed by atoms with Crippen molar-refractivity contribution < 1.29 is 19.2 Å². The van der Waals surface area contributed by atoms with Crippen LogP contribution in [0.1, 0.15) is 31.2 Å². The van der Waals surface area contributed by atoms with Gasteiger partial charge in [-0.2, -0.15) is 0 Å². The number of amides is 2. The monoisotopic (exact) mass is 379 g/mol. The van der Waals surface area contributed by atoms with Crippen LogP contribution in [0.5, 0.6) is 5.75 Å². The van der Waals surface area contributed by atoms with E-state index in [1.54, 1.807) is 25.3 Å². The first kappa shape index (κ1) is 18.5. The van der Waals surface area contributed by atoms with Gasteiger partial charge in [0.25, 0.3) is 5.91 Å². The number of halogens is 1. The summed E-state index contributed by atoms with van der Waals surface area (Å²) in [6.07, 6.45) is 2.02. The summed E-state index contributed by atoms with van der Waals surface area (Å²) >= 11 is 6.21. The van der Waals surface area contributed by atoms with Crippen LogP contribution in [-0.2, 0) is 14.4 Å². The van der Waals surface area contributed by atoms with Gasteiger partial charge in [-0.3, -0.25) is 9.59 Å². The molecule has 1 aromatic carbocycles. The van der Waals surface area contributed by atoms with E-state index in [4.69, 9.17) is 21.2 Å². The lowest BCUT2D eigenvalue weighted by Gasteiger charge is -2.15. The van der Waals surface area contributed by atoms with Gasteiger partial charge in [-0.05, 0) is 31.0 Å². The lowest BCUT2D eigenvalue weighted by Crippen LogP contribution is -2.37. The zero-order valence-corrected chi connectivity index (χ0v) is 15.4. The fraction of sp³-hybridized carbons (Fsp3) is 0.500. The molecule has 140 valence electrons. The summed E-state index contributed by atoms with van der Waals surface area (Å²) in [5.74, 6) is 0.452. The summed E-state index contributed by atoms with van der Waals surface area (Å²) in [5.41, 5.74) is 1.28. The summed E-state index contributed by atoms with van der Waals surface area (Å²) in [4.78, 5) is 31.3. The highest BCUT2D eigenvalue weighted by Crippen LogP contribution is 2.27. The van der Waals surface area contributed by atoms with Crippen LogP contribution in [0.4, 0.5) is 0 Å². The molecular weight excluding hydrogens is 358 g/mol. The van der Waals surface area contributed by atoms with Crippen LogP contribution in [0.2, 0.25) is 5.02 Å². The van der Waals surface area contributed by atoms with Gasteiger partial charge < -0.3 is 19.8 Å². The third-order valence-electron chi connectivity index (χ3n) is 4.54. The van der Waals surface area contributed by atoms with Gasteiger partial charge in [-0.25, -0.2) is 0 Å². The molecule has 2 aliphatic rings. The second-order valence-electron chi connectivity index (χ2n) is 6.31. The third kappa shape index (κ3) is 4.27. The van der Waals surface area contributed by atoms with Gasteiger partial charge in [0.05, 0.1) is 17.8 Å². The number of oxime groups is 1. The Labute approximate surface area is 157 Å². The lowest BCUT2D eigenvalue weighted by molar-refractivity contribution is -0.132. The maximum Gasteiger partial charge on any atom is 0.264 e. The molecule has 2 amide bonds. The number of nitrogens with zero attached hydrogens (tertiary/aromatic N) is 2. The van der Waals surface area contributed by atoms with Gasteiger partial charge >= 0.3 is 0 Å². The normalized spacial score (nSPS) is 19.1. The molecule has 1 aromatic rings. The van der Waals surface area contributed by atoms with E-state index in [-0.39, 0.29) is 11.8 Å². The summed E-state index contributed by atoms with van der Waals surface area (Å²) in [6.45, 7) is 1.93. The van der Waals surface area contributed by atoms with E-state index in [0.717, 1.165) is 25.9 Å². The Hall–Kier alpha value is -2.28. The molecule has 2 heterocycles. The second-order valence-corrected chi connectivity index (χ2v) is 6.72. The Morgan fingerprint density at radius 2 is 2.15 bits per heavy atom. The smallest absolute Gasteiger partial charge is 0.264 e. The Morgan fingerprint density at radius 1 is 1.38 bits per heavy atom. The van der Waals surface area contributed by atoms with Crippen LogP contribution in [0.3, 0.4) is 0 Å². The van der Waals surface area contributed by atoms with Gasteiger partial charge in [0, 0.05) is 38.0 Å². The minimum absolute atomic E-state index is 0.0789. The highest BCUT2D eigenvalue weighted by atomic mass is 35.5. The molecule has 3 rings (SSSR count). The van der Waals surface area contributed by atoms with E-state index >= 15 is 0 Å². The number of hydrogen-bond donors (Lipinski definition) is 1. The predicted octanol–water partition coefficient (Wildman–Crippen LogP) is 1.97. The van der Waals surface area contributed by atoms with Crippen LogP contribution in [0, 0.1) is 0 Å². The topological polar surface area (TPSA) is 80.2 Å². The van der Waals surface area contributed by atoms with Gasteiger partial charge in [0.1, 0.15) is 5.75 Å². The first-order valence-electron chi connectivity index (χ1n) is 8.70.